The first-order valence-corrected chi connectivity index (χ1v) is 8.94. The van der Waals surface area contributed by atoms with Crippen molar-refractivity contribution in [2.24, 2.45) is 4.99 Å². The van der Waals surface area contributed by atoms with Gasteiger partial charge >= 0.3 is 0 Å². The fourth-order valence-corrected chi connectivity index (χ4v) is 2.39. The van der Waals surface area contributed by atoms with E-state index in [0.29, 0.717) is 37.8 Å². The second kappa shape index (κ2) is 11.0. The molecule has 0 aliphatic carbocycles. The van der Waals surface area contributed by atoms with Crippen molar-refractivity contribution in [3.8, 4) is 0 Å². The molecule has 0 aliphatic heterocycles. The van der Waals surface area contributed by atoms with Crippen molar-refractivity contribution in [2.75, 3.05) is 40.9 Å². The number of carbonyl (C=O) groups is 1. The molecule has 2 aromatic rings. The molecule has 0 unspecified atom stereocenters. The number of carbonyl (C=O) groups excluding carboxylic acids is 1. The fraction of sp³-hybridized carbons (Fsp3) is 0.400. The second-order valence-electron chi connectivity index (χ2n) is 6.24. The lowest BCUT2D eigenvalue weighted by Crippen LogP contribution is -2.40. The maximum atomic E-state index is 11.9. The quantitative estimate of drug-likeness (QED) is 0.399. The van der Waals surface area contributed by atoms with Gasteiger partial charge in [-0.25, -0.2) is 4.99 Å². The highest BCUT2D eigenvalue weighted by molar-refractivity contribution is 5.93. The van der Waals surface area contributed by atoms with Gasteiger partial charge < -0.3 is 24.7 Å². The molecule has 0 aliphatic rings. The highest BCUT2D eigenvalue weighted by Gasteiger charge is 2.07. The molecular weight excluding hydrogens is 344 g/mol. The van der Waals surface area contributed by atoms with Crippen LogP contribution in [0, 0.1) is 0 Å². The average molecular weight is 372 g/mol. The molecule has 2 rings (SSSR count). The minimum Gasteiger partial charge on any atom is -0.469 e. The van der Waals surface area contributed by atoms with E-state index >= 15 is 0 Å². The van der Waals surface area contributed by atoms with E-state index in [1.807, 2.05) is 36.4 Å². The number of methoxy groups -OCH3 is 1. The topological polar surface area (TPSA) is 79.1 Å². The lowest BCUT2D eigenvalue weighted by molar-refractivity contribution is 0.0827. The predicted molar refractivity (Wildman–Crippen MR) is 106 cm³/mol. The molecule has 1 amide bonds. The van der Waals surface area contributed by atoms with Crippen molar-refractivity contribution in [2.45, 2.75) is 13.0 Å². The van der Waals surface area contributed by atoms with Crippen LogP contribution in [0.4, 0.5) is 0 Å². The number of furan rings is 1. The molecule has 2 N–H and O–H groups in total. The van der Waals surface area contributed by atoms with E-state index in [-0.39, 0.29) is 5.91 Å². The summed E-state index contributed by atoms with van der Waals surface area (Å²) in [6, 6.07) is 11.3. The smallest absolute Gasteiger partial charge is 0.253 e. The van der Waals surface area contributed by atoms with Crippen LogP contribution in [-0.4, -0.2) is 57.7 Å². The molecule has 7 nitrogen and oxygen atoms in total. The zero-order chi connectivity index (χ0) is 19.5. The third kappa shape index (κ3) is 7.15. The van der Waals surface area contributed by atoms with Crippen molar-refractivity contribution in [3.63, 3.8) is 0 Å². The summed E-state index contributed by atoms with van der Waals surface area (Å²) >= 11 is 0. The maximum Gasteiger partial charge on any atom is 0.253 e. The number of benzene rings is 1. The van der Waals surface area contributed by atoms with Gasteiger partial charge in [0.25, 0.3) is 5.91 Å². The molecule has 0 atom stereocenters. The Balaban J connectivity index is 1.92. The molecule has 0 fully saturated rings. The van der Waals surface area contributed by atoms with Crippen LogP contribution >= 0.6 is 0 Å². The van der Waals surface area contributed by atoms with Crippen LogP contribution in [0.2, 0.25) is 0 Å². The van der Waals surface area contributed by atoms with Gasteiger partial charge in [-0.2, -0.15) is 0 Å². The highest BCUT2D eigenvalue weighted by atomic mass is 16.5. The van der Waals surface area contributed by atoms with Gasteiger partial charge in [-0.15, -0.1) is 0 Å². The van der Waals surface area contributed by atoms with E-state index in [1.54, 1.807) is 32.4 Å². The fourth-order valence-electron chi connectivity index (χ4n) is 2.39. The van der Waals surface area contributed by atoms with Crippen LogP contribution in [0.25, 0.3) is 0 Å². The first-order valence-electron chi connectivity index (χ1n) is 8.94. The monoisotopic (exact) mass is 372 g/mol. The van der Waals surface area contributed by atoms with Crippen LogP contribution < -0.4 is 10.6 Å². The number of nitrogens with one attached hydrogen (secondary N) is 2. The number of guanidine groups is 1. The maximum absolute atomic E-state index is 11.9. The number of rotatable bonds is 9. The second-order valence-corrected chi connectivity index (χ2v) is 6.24. The predicted octanol–water partition coefficient (Wildman–Crippen LogP) is 1.91. The number of hydrogen-bond acceptors (Lipinski definition) is 4. The summed E-state index contributed by atoms with van der Waals surface area (Å²) in [6.07, 6.45) is 2.45. The highest BCUT2D eigenvalue weighted by Crippen LogP contribution is 2.07. The Morgan fingerprint density at radius 1 is 1.15 bits per heavy atom. The Morgan fingerprint density at radius 2 is 1.89 bits per heavy atom. The number of amides is 1. The lowest BCUT2D eigenvalue weighted by atomic mass is 10.1. The van der Waals surface area contributed by atoms with E-state index in [0.717, 1.165) is 17.7 Å². The van der Waals surface area contributed by atoms with Gasteiger partial charge in [0.05, 0.1) is 19.4 Å². The molecule has 0 spiro atoms. The molecular formula is C20H28N4O3. The Kier molecular flexibility index (Phi) is 8.38. The molecule has 1 aromatic carbocycles. The van der Waals surface area contributed by atoms with Crippen LogP contribution in [0.15, 0.2) is 52.1 Å². The van der Waals surface area contributed by atoms with E-state index < -0.39 is 0 Å². The summed E-state index contributed by atoms with van der Waals surface area (Å²) in [6.45, 7) is 2.49. The Labute approximate surface area is 160 Å². The Hall–Kier alpha value is -2.80. The third-order valence-corrected chi connectivity index (χ3v) is 3.87. The summed E-state index contributed by atoms with van der Waals surface area (Å²) in [5.74, 6) is 1.64. The number of ether oxygens (including phenoxy) is 1. The van der Waals surface area contributed by atoms with Crippen molar-refractivity contribution in [1.29, 1.82) is 0 Å². The minimum absolute atomic E-state index is 0.00781. The summed E-state index contributed by atoms with van der Waals surface area (Å²) in [5.41, 5.74) is 1.70. The van der Waals surface area contributed by atoms with Gasteiger partial charge in [-0.3, -0.25) is 4.79 Å². The molecule has 0 bridgehead atoms. The largest absolute Gasteiger partial charge is 0.469 e. The average Bonchev–Trinajstić information content (AvgIpc) is 3.19. The molecule has 146 valence electrons. The summed E-state index contributed by atoms with van der Waals surface area (Å²) in [7, 11) is 5.15. The lowest BCUT2D eigenvalue weighted by Gasteiger charge is -2.12. The first-order chi connectivity index (χ1) is 13.1. The van der Waals surface area contributed by atoms with E-state index in [9.17, 15) is 4.79 Å². The van der Waals surface area contributed by atoms with Crippen molar-refractivity contribution in [1.82, 2.24) is 15.5 Å². The van der Waals surface area contributed by atoms with Crippen LogP contribution in [0.1, 0.15) is 21.7 Å². The van der Waals surface area contributed by atoms with Gasteiger partial charge in [0.1, 0.15) is 5.76 Å². The van der Waals surface area contributed by atoms with Gasteiger partial charge in [0.15, 0.2) is 5.96 Å². The van der Waals surface area contributed by atoms with E-state index in [4.69, 9.17) is 9.15 Å². The van der Waals surface area contributed by atoms with Crippen LogP contribution in [0.3, 0.4) is 0 Å². The van der Waals surface area contributed by atoms with Crippen molar-refractivity contribution < 1.29 is 13.9 Å². The van der Waals surface area contributed by atoms with Gasteiger partial charge in [0.2, 0.25) is 0 Å². The minimum atomic E-state index is -0.00781. The number of aliphatic imine (C=N–C) groups is 1. The van der Waals surface area contributed by atoms with E-state index in [1.165, 1.54) is 0 Å². The molecule has 27 heavy (non-hydrogen) atoms. The normalized spacial score (nSPS) is 11.3. The van der Waals surface area contributed by atoms with Crippen LogP contribution in [-0.2, 0) is 17.7 Å². The standard InChI is InChI=1S/C20H28N4O3/c1-24(2)19(25)17-8-6-16(7-9-17)15-23-20(22-12-14-26-3)21-11-10-18-5-4-13-27-18/h4-9,13H,10-12,14-15H2,1-3H3,(H2,21,22,23). The SMILES string of the molecule is COCCNC(=NCc1ccc(C(=O)N(C)C)cc1)NCCc1ccco1. The number of hydrogen-bond donors (Lipinski definition) is 2. The Bertz CT molecular complexity index is 709. The summed E-state index contributed by atoms with van der Waals surface area (Å²) < 4.78 is 10.4. The van der Waals surface area contributed by atoms with Crippen molar-refractivity contribution >= 4 is 11.9 Å². The van der Waals surface area contributed by atoms with E-state index in [2.05, 4.69) is 15.6 Å². The molecule has 7 heteroatoms. The molecule has 1 aromatic heterocycles. The van der Waals surface area contributed by atoms with Crippen LogP contribution in [0.5, 0.6) is 0 Å². The van der Waals surface area contributed by atoms with Crippen molar-refractivity contribution in [3.05, 3.63) is 59.5 Å². The molecule has 0 radical (unpaired) electrons. The van der Waals surface area contributed by atoms with Gasteiger partial charge in [0, 0.05) is 46.3 Å². The molecule has 1 heterocycles. The zero-order valence-corrected chi connectivity index (χ0v) is 16.2. The van der Waals surface area contributed by atoms with Gasteiger partial charge in [-0.1, -0.05) is 12.1 Å². The number of nitrogens with zero attached hydrogens (tertiary/aromatic N) is 2. The van der Waals surface area contributed by atoms with Gasteiger partial charge in [-0.05, 0) is 29.8 Å². The summed E-state index contributed by atoms with van der Waals surface area (Å²) in [4.78, 5) is 18.1. The first kappa shape index (κ1) is 20.5. The zero-order valence-electron chi connectivity index (χ0n) is 16.2. The Morgan fingerprint density at radius 3 is 2.52 bits per heavy atom. The molecule has 0 saturated heterocycles. The molecule has 0 saturated carbocycles. The summed E-state index contributed by atoms with van der Waals surface area (Å²) in [5, 5.41) is 6.53. The third-order valence-electron chi connectivity index (χ3n) is 3.87.